The number of carbonyl (C=O) groups excluding carboxylic acids is 2. The van der Waals surface area contributed by atoms with Crippen LogP contribution in [0.4, 0.5) is 0 Å². The minimum atomic E-state index is -1.76. The molecule has 146 valence electrons. The highest BCUT2D eigenvalue weighted by Crippen LogP contribution is 2.44. The number of cyclic esters (lactones) is 2. The van der Waals surface area contributed by atoms with Crippen LogP contribution in [0.3, 0.4) is 0 Å². The molecular weight excluding hydrogens is 344 g/mol. The maximum atomic E-state index is 12.4. The average molecular weight is 379 g/mol. The SMILES string of the molecule is CC(C)(C)[Si](C)(C)O[C@H]1CC[C@@H](C2=C(C3CCCC3)C(=O)OC2=O)CC1. The van der Waals surface area contributed by atoms with Crippen LogP contribution < -0.4 is 0 Å². The Labute approximate surface area is 158 Å². The molecule has 0 spiro atoms. The van der Waals surface area contributed by atoms with Crippen LogP contribution in [0.5, 0.6) is 0 Å². The van der Waals surface area contributed by atoms with Crippen LogP contribution in [0.15, 0.2) is 11.1 Å². The molecule has 0 bridgehead atoms. The van der Waals surface area contributed by atoms with Gasteiger partial charge in [0, 0.05) is 6.10 Å². The van der Waals surface area contributed by atoms with E-state index in [4.69, 9.17) is 9.16 Å². The van der Waals surface area contributed by atoms with Crippen LogP contribution in [0.1, 0.15) is 72.1 Å². The molecule has 2 fully saturated rings. The Morgan fingerprint density at radius 2 is 1.31 bits per heavy atom. The Morgan fingerprint density at radius 1 is 0.846 bits per heavy atom. The predicted molar refractivity (Wildman–Crippen MR) is 104 cm³/mol. The third-order valence-corrected chi connectivity index (χ3v) is 11.6. The topological polar surface area (TPSA) is 52.6 Å². The van der Waals surface area contributed by atoms with E-state index in [2.05, 4.69) is 33.9 Å². The van der Waals surface area contributed by atoms with Gasteiger partial charge >= 0.3 is 11.9 Å². The normalized spacial score (nSPS) is 28.8. The van der Waals surface area contributed by atoms with Crippen molar-refractivity contribution in [1.29, 1.82) is 0 Å². The summed E-state index contributed by atoms with van der Waals surface area (Å²) >= 11 is 0. The van der Waals surface area contributed by atoms with Crippen molar-refractivity contribution in [3.05, 3.63) is 11.1 Å². The first-order valence-electron chi connectivity index (χ1n) is 10.3. The van der Waals surface area contributed by atoms with Gasteiger partial charge in [-0.3, -0.25) is 0 Å². The molecule has 0 amide bonds. The summed E-state index contributed by atoms with van der Waals surface area (Å²) in [6.45, 7) is 11.4. The summed E-state index contributed by atoms with van der Waals surface area (Å²) in [5.41, 5.74) is 1.44. The summed E-state index contributed by atoms with van der Waals surface area (Å²) in [7, 11) is -1.76. The molecule has 26 heavy (non-hydrogen) atoms. The van der Waals surface area contributed by atoms with Gasteiger partial charge in [0.2, 0.25) is 0 Å². The molecule has 3 aliphatic rings. The van der Waals surface area contributed by atoms with Gasteiger partial charge in [-0.15, -0.1) is 0 Å². The first-order chi connectivity index (χ1) is 12.1. The second-order valence-electron chi connectivity index (χ2n) is 9.84. The lowest BCUT2D eigenvalue weighted by atomic mass is 9.79. The standard InChI is InChI=1S/C21H34O4Si/c1-21(2,3)26(4,5)25-16-12-10-15(11-13-16)18-17(14-8-6-7-9-14)19(22)24-20(18)23/h14-16H,6-13H2,1-5H3/t15-,16+. The number of carbonyl (C=O) groups is 2. The van der Waals surface area contributed by atoms with E-state index in [9.17, 15) is 9.59 Å². The zero-order valence-electron chi connectivity index (χ0n) is 17.0. The number of hydrogen-bond donors (Lipinski definition) is 0. The van der Waals surface area contributed by atoms with E-state index in [-0.39, 0.29) is 34.9 Å². The highest BCUT2D eigenvalue weighted by Gasteiger charge is 2.44. The molecule has 0 saturated heterocycles. The summed E-state index contributed by atoms with van der Waals surface area (Å²) in [5.74, 6) is -0.323. The second kappa shape index (κ2) is 7.23. The van der Waals surface area contributed by atoms with Crippen molar-refractivity contribution >= 4 is 20.3 Å². The maximum Gasteiger partial charge on any atom is 0.342 e. The van der Waals surface area contributed by atoms with E-state index in [1.807, 2.05) is 0 Å². The minimum Gasteiger partial charge on any atom is -0.414 e. The third kappa shape index (κ3) is 3.84. The molecule has 0 unspecified atom stereocenters. The largest absolute Gasteiger partial charge is 0.414 e. The molecule has 0 aromatic heterocycles. The summed E-state index contributed by atoms with van der Waals surface area (Å²) in [5, 5.41) is 0.212. The molecule has 1 heterocycles. The van der Waals surface area contributed by atoms with E-state index in [1.54, 1.807) is 0 Å². The van der Waals surface area contributed by atoms with E-state index in [0.717, 1.165) is 56.9 Å². The Hall–Kier alpha value is -0.943. The molecule has 3 rings (SSSR count). The molecule has 0 aromatic rings. The summed E-state index contributed by atoms with van der Waals surface area (Å²) in [6.07, 6.45) is 8.42. The van der Waals surface area contributed by atoms with Crippen molar-refractivity contribution in [3.63, 3.8) is 0 Å². The maximum absolute atomic E-state index is 12.4. The van der Waals surface area contributed by atoms with E-state index in [1.165, 1.54) is 0 Å². The van der Waals surface area contributed by atoms with Crippen molar-refractivity contribution < 1.29 is 18.8 Å². The first-order valence-corrected chi connectivity index (χ1v) is 13.2. The van der Waals surface area contributed by atoms with Crippen LogP contribution in [-0.2, 0) is 18.8 Å². The number of hydrogen-bond acceptors (Lipinski definition) is 4. The lowest BCUT2D eigenvalue weighted by Crippen LogP contribution is -2.44. The van der Waals surface area contributed by atoms with Crippen molar-refractivity contribution in [3.8, 4) is 0 Å². The van der Waals surface area contributed by atoms with Crippen molar-refractivity contribution in [2.75, 3.05) is 0 Å². The smallest absolute Gasteiger partial charge is 0.342 e. The monoisotopic (exact) mass is 378 g/mol. The minimum absolute atomic E-state index is 0.170. The van der Waals surface area contributed by atoms with E-state index in [0.29, 0.717) is 5.57 Å². The fourth-order valence-corrected chi connectivity index (χ4v) is 5.89. The summed E-state index contributed by atoms with van der Waals surface area (Å²) < 4.78 is 11.6. The number of esters is 2. The van der Waals surface area contributed by atoms with Crippen LogP contribution in [-0.4, -0.2) is 26.4 Å². The van der Waals surface area contributed by atoms with Crippen molar-refractivity contribution in [1.82, 2.24) is 0 Å². The fraction of sp³-hybridized carbons (Fsp3) is 0.810. The van der Waals surface area contributed by atoms with Crippen LogP contribution in [0, 0.1) is 11.8 Å². The molecule has 0 N–H and O–H groups in total. The Morgan fingerprint density at radius 3 is 1.77 bits per heavy atom. The molecule has 0 radical (unpaired) electrons. The Bertz CT molecular complexity index is 600. The van der Waals surface area contributed by atoms with Crippen molar-refractivity contribution in [2.45, 2.75) is 96.4 Å². The van der Waals surface area contributed by atoms with Gasteiger partial charge in [0.1, 0.15) is 0 Å². The van der Waals surface area contributed by atoms with Gasteiger partial charge < -0.3 is 9.16 Å². The van der Waals surface area contributed by atoms with Gasteiger partial charge in [-0.1, -0.05) is 33.6 Å². The molecule has 2 saturated carbocycles. The second-order valence-corrected chi connectivity index (χ2v) is 14.6. The van der Waals surface area contributed by atoms with Gasteiger partial charge in [-0.2, -0.15) is 0 Å². The molecular formula is C21H34O4Si. The molecule has 2 aliphatic carbocycles. The molecule has 1 aliphatic heterocycles. The van der Waals surface area contributed by atoms with E-state index < -0.39 is 8.32 Å². The summed E-state index contributed by atoms with van der Waals surface area (Å²) in [6, 6.07) is 0. The molecule has 4 nitrogen and oxygen atoms in total. The molecule has 5 heteroatoms. The average Bonchev–Trinajstić information content (AvgIpc) is 3.14. The quantitative estimate of drug-likeness (QED) is 0.386. The van der Waals surface area contributed by atoms with Gasteiger partial charge in [0.25, 0.3) is 0 Å². The molecule has 0 atom stereocenters. The van der Waals surface area contributed by atoms with Gasteiger partial charge in [0.15, 0.2) is 8.32 Å². The summed E-state index contributed by atoms with van der Waals surface area (Å²) in [4.78, 5) is 24.6. The Kier molecular flexibility index (Phi) is 5.51. The van der Waals surface area contributed by atoms with Crippen LogP contribution in [0.2, 0.25) is 18.1 Å². The zero-order valence-corrected chi connectivity index (χ0v) is 18.0. The lowest BCUT2D eigenvalue weighted by molar-refractivity contribution is -0.151. The third-order valence-electron chi connectivity index (χ3n) is 7.03. The predicted octanol–water partition coefficient (Wildman–Crippen LogP) is 5.14. The van der Waals surface area contributed by atoms with Gasteiger partial charge in [0.05, 0.1) is 11.1 Å². The highest BCUT2D eigenvalue weighted by atomic mass is 28.4. The zero-order chi connectivity index (χ0) is 19.1. The fourth-order valence-electron chi connectivity index (χ4n) is 4.46. The molecule has 0 aromatic carbocycles. The van der Waals surface area contributed by atoms with Gasteiger partial charge in [-0.25, -0.2) is 9.59 Å². The van der Waals surface area contributed by atoms with E-state index >= 15 is 0 Å². The van der Waals surface area contributed by atoms with Gasteiger partial charge in [-0.05, 0) is 68.5 Å². The highest BCUT2D eigenvalue weighted by molar-refractivity contribution is 6.74. The first kappa shape index (κ1) is 19.8. The van der Waals surface area contributed by atoms with Crippen LogP contribution >= 0.6 is 0 Å². The number of rotatable bonds is 4. The van der Waals surface area contributed by atoms with Crippen LogP contribution in [0.25, 0.3) is 0 Å². The lowest BCUT2D eigenvalue weighted by Gasteiger charge is -2.41. The number of ether oxygens (including phenoxy) is 1. The Balaban J connectivity index is 1.69. The van der Waals surface area contributed by atoms with Crippen molar-refractivity contribution in [2.24, 2.45) is 11.8 Å².